The molecule has 0 saturated heterocycles. The zero-order chi connectivity index (χ0) is 16.8. The lowest BCUT2D eigenvalue weighted by molar-refractivity contribution is 0.757. The summed E-state index contributed by atoms with van der Waals surface area (Å²) in [5.74, 6) is 1.61. The van der Waals surface area contributed by atoms with E-state index in [9.17, 15) is 0 Å². The Bertz CT molecular complexity index is 819. The molecule has 0 fully saturated rings. The Morgan fingerprint density at radius 1 is 1.08 bits per heavy atom. The summed E-state index contributed by atoms with van der Waals surface area (Å²) in [6.45, 7) is 3.49. The zero-order valence-corrected chi connectivity index (χ0v) is 14.0. The molecule has 0 atom stereocenters. The van der Waals surface area contributed by atoms with Crippen molar-refractivity contribution in [2.75, 3.05) is 13.6 Å². The fourth-order valence-corrected chi connectivity index (χ4v) is 2.47. The van der Waals surface area contributed by atoms with Crippen LogP contribution < -0.4 is 10.6 Å². The van der Waals surface area contributed by atoms with Gasteiger partial charge >= 0.3 is 0 Å². The molecular weight excluding hydrogens is 300 g/mol. The maximum absolute atomic E-state index is 4.25. The minimum atomic E-state index is 0.565. The van der Waals surface area contributed by atoms with E-state index in [1.165, 1.54) is 11.1 Å². The van der Waals surface area contributed by atoms with E-state index in [1.54, 1.807) is 7.05 Å². The Labute approximate surface area is 141 Å². The molecule has 3 aromatic rings. The van der Waals surface area contributed by atoms with Gasteiger partial charge in [0.15, 0.2) is 17.4 Å². The predicted molar refractivity (Wildman–Crippen MR) is 96.1 cm³/mol. The Morgan fingerprint density at radius 3 is 2.71 bits per heavy atom. The fraction of sp³-hybridized carbons (Fsp3) is 0.278. The third kappa shape index (κ3) is 3.90. The second-order valence-electron chi connectivity index (χ2n) is 5.63. The lowest BCUT2D eigenvalue weighted by atomic mass is 10.1. The van der Waals surface area contributed by atoms with Crippen molar-refractivity contribution < 1.29 is 0 Å². The van der Waals surface area contributed by atoms with Crippen molar-refractivity contribution in [2.45, 2.75) is 19.9 Å². The third-order valence-corrected chi connectivity index (χ3v) is 3.85. The van der Waals surface area contributed by atoms with Gasteiger partial charge in [0.25, 0.3) is 0 Å². The van der Waals surface area contributed by atoms with Crippen LogP contribution in [-0.4, -0.2) is 34.2 Å². The van der Waals surface area contributed by atoms with E-state index < -0.39 is 0 Å². The van der Waals surface area contributed by atoms with Gasteiger partial charge < -0.3 is 10.6 Å². The lowest BCUT2D eigenvalue weighted by Crippen LogP contribution is -2.38. The van der Waals surface area contributed by atoms with Gasteiger partial charge in [0.2, 0.25) is 0 Å². The van der Waals surface area contributed by atoms with Crippen LogP contribution >= 0.6 is 0 Å². The van der Waals surface area contributed by atoms with Crippen molar-refractivity contribution in [1.29, 1.82) is 0 Å². The monoisotopic (exact) mass is 322 g/mol. The first-order valence-electron chi connectivity index (χ1n) is 8.05. The summed E-state index contributed by atoms with van der Waals surface area (Å²) in [5.41, 5.74) is 3.44. The predicted octanol–water partition coefficient (Wildman–Crippen LogP) is 1.95. The van der Waals surface area contributed by atoms with Crippen LogP contribution in [0.25, 0.3) is 5.65 Å². The molecule has 0 aliphatic rings. The maximum atomic E-state index is 4.25. The molecule has 24 heavy (non-hydrogen) atoms. The van der Waals surface area contributed by atoms with Crippen molar-refractivity contribution in [3.05, 3.63) is 65.6 Å². The minimum Gasteiger partial charge on any atom is -0.356 e. The number of pyridine rings is 1. The highest BCUT2D eigenvalue weighted by Gasteiger charge is 2.05. The first kappa shape index (κ1) is 16.0. The maximum Gasteiger partial charge on any atom is 0.191 e. The lowest BCUT2D eigenvalue weighted by Gasteiger charge is -2.11. The van der Waals surface area contributed by atoms with Crippen LogP contribution in [0.1, 0.15) is 17.0 Å². The first-order valence-corrected chi connectivity index (χ1v) is 8.05. The van der Waals surface area contributed by atoms with Crippen molar-refractivity contribution in [3.8, 4) is 0 Å². The van der Waals surface area contributed by atoms with Gasteiger partial charge in [0.05, 0.1) is 6.54 Å². The molecule has 3 rings (SSSR count). The van der Waals surface area contributed by atoms with E-state index in [-0.39, 0.29) is 0 Å². The van der Waals surface area contributed by atoms with Crippen molar-refractivity contribution >= 4 is 11.6 Å². The van der Waals surface area contributed by atoms with Crippen LogP contribution in [-0.2, 0) is 13.0 Å². The van der Waals surface area contributed by atoms with Crippen molar-refractivity contribution in [2.24, 2.45) is 4.99 Å². The van der Waals surface area contributed by atoms with Gasteiger partial charge in [-0.3, -0.25) is 9.39 Å². The topological polar surface area (TPSA) is 66.6 Å². The summed E-state index contributed by atoms with van der Waals surface area (Å²) in [6.07, 6.45) is 2.91. The Hall–Kier alpha value is -2.89. The van der Waals surface area contributed by atoms with Crippen LogP contribution in [0.2, 0.25) is 0 Å². The normalized spacial score (nSPS) is 11.7. The summed E-state index contributed by atoms with van der Waals surface area (Å²) in [7, 11) is 1.77. The fourth-order valence-electron chi connectivity index (χ4n) is 2.47. The highest BCUT2D eigenvalue weighted by Crippen LogP contribution is 2.03. The number of guanidine groups is 1. The molecule has 2 heterocycles. The molecule has 0 amide bonds. The number of hydrogen-bond donors (Lipinski definition) is 2. The molecule has 0 spiro atoms. The van der Waals surface area contributed by atoms with E-state index >= 15 is 0 Å². The standard InChI is InChI=1S/C18H22N6/c1-14-6-8-15(9-7-14)10-11-20-18(19-2)21-13-17-23-22-16-5-3-4-12-24(16)17/h3-9,12H,10-11,13H2,1-2H3,(H2,19,20,21). The minimum absolute atomic E-state index is 0.565. The molecule has 0 radical (unpaired) electrons. The SMILES string of the molecule is CN=C(NCCc1ccc(C)cc1)NCc1nnc2ccccn12. The molecule has 6 heteroatoms. The van der Waals surface area contributed by atoms with Crippen molar-refractivity contribution in [1.82, 2.24) is 25.2 Å². The summed E-state index contributed by atoms with van der Waals surface area (Å²) in [5, 5.41) is 14.9. The number of fused-ring (bicyclic) bond motifs is 1. The van der Waals surface area contributed by atoms with E-state index in [0.717, 1.165) is 30.4 Å². The smallest absolute Gasteiger partial charge is 0.191 e. The molecule has 0 aliphatic carbocycles. The molecule has 0 saturated carbocycles. The van der Waals surface area contributed by atoms with Crippen LogP contribution in [0.3, 0.4) is 0 Å². The molecule has 1 aromatic carbocycles. The highest BCUT2D eigenvalue weighted by molar-refractivity contribution is 5.79. The average Bonchev–Trinajstić information content (AvgIpc) is 3.03. The number of aliphatic imine (C=N–C) groups is 1. The van der Waals surface area contributed by atoms with Crippen LogP contribution in [0.15, 0.2) is 53.7 Å². The average molecular weight is 322 g/mol. The largest absolute Gasteiger partial charge is 0.356 e. The molecule has 2 N–H and O–H groups in total. The molecule has 2 aromatic heterocycles. The molecule has 0 unspecified atom stereocenters. The molecular formula is C18H22N6. The summed E-state index contributed by atoms with van der Waals surface area (Å²) in [6, 6.07) is 14.5. The Kier molecular flexibility index (Phi) is 5.05. The van der Waals surface area contributed by atoms with Gasteiger partial charge in [-0.2, -0.15) is 0 Å². The number of aromatic nitrogens is 3. The second-order valence-corrected chi connectivity index (χ2v) is 5.63. The van der Waals surface area contributed by atoms with Crippen LogP contribution in [0.4, 0.5) is 0 Å². The van der Waals surface area contributed by atoms with Gasteiger partial charge in [-0.15, -0.1) is 10.2 Å². The Balaban J connectivity index is 1.51. The summed E-state index contributed by atoms with van der Waals surface area (Å²) in [4.78, 5) is 4.25. The van der Waals surface area contributed by atoms with Crippen LogP contribution in [0, 0.1) is 6.92 Å². The molecule has 124 valence electrons. The van der Waals surface area contributed by atoms with Gasteiger partial charge in [0, 0.05) is 19.8 Å². The van der Waals surface area contributed by atoms with Crippen LogP contribution in [0.5, 0.6) is 0 Å². The molecule has 0 aliphatic heterocycles. The van der Waals surface area contributed by atoms with Gasteiger partial charge in [-0.25, -0.2) is 0 Å². The molecule has 6 nitrogen and oxygen atoms in total. The number of nitrogens with one attached hydrogen (secondary N) is 2. The first-order chi connectivity index (χ1) is 11.8. The van der Waals surface area contributed by atoms with Gasteiger partial charge in [-0.1, -0.05) is 35.9 Å². The zero-order valence-electron chi connectivity index (χ0n) is 14.0. The summed E-state index contributed by atoms with van der Waals surface area (Å²) >= 11 is 0. The van der Waals surface area contributed by atoms with E-state index in [2.05, 4.69) is 57.0 Å². The number of hydrogen-bond acceptors (Lipinski definition) is 3. The number of aryl methyl sites for hydroxylation is 1. The third-order valence-electron chi connectivity index (χ3n) is 3.85. The van der Waals surface area contributed by atoms with Gasteiger partial charge in [-0.05, 0) is 31.0 Å². The summed E-state index contributed by atoms with van der Waals surface area (Å²) < 4.78 is 1.96. The number of benzene rings is 1. The number of rotatable bonds is 5. The van der Waals surface area contributed by atoms with Gasteiger partial charge in [0.1, 0.15) is 0 Å². The number of nitrogens with zero attached hydrogens (tertiary/aromatic N) is 4. The molecule has 0 bridgehead atoms. The van der Waals surface area contributed by atoms with E-state index in [4.69, 9.17) is 0 Å². The van der Waals surface area contributed by atoms with E-state index in [1.807, 2.05) is 28.8 Å². The quantitative estimate of drug-likeness (QED) is 0.556. The second kappa shape index (κ2) is 7.59. The highest BCUT2D eigenvalue weighted by atomic mass is 15.3. The van der Waals surface area contributed by atoms with E-state index in [0.29, 0.717) is 6.54 Å². The Morgan fingerprint density at radius 2 is 1.92 bits per heavy atom. The van der Waals surface area contributed by atoms with Crippen molar-refractivity contribution in [3.63, 3.8) is 0 Å².